The summed E-state index contributed by atoms with van der Waals surface area (Å²) in [6, 6.07) is 2.08. The second-order valence-electron chi connectivity index (χ2n) is 5.30. The van der Waals surface area contributed by atoms with E-state index in [1.54, 1.807) is 12.3 Å². The topological polar surface area (TPSA) is 47.0 Å². The summed E-state index contributed by atoms with van der Waals surface area (Å²) in [5.74, 6) is 1.26. The lowest BCUT2D eigenvalue weighted by atomic mass is 9.88. The third-order valence-corrected chi connectivity index (χ3v) is 2.73. The minimum Gasteiger partial charge on any atom is -0.478 e. The molecule has 0 bridgehead atoms. The quantitative estimate of drug-likeness (QED) is 0.854. The van der Waals surface area contributed by atoms with E-state index >= 15 is 0 Å². The summed E-state index contributed by atoms with van der Waals surface area (Å²) >= 11 is 0. The third kappa shape index (κ3) is 4.59. The van der Waals surface area contributed by atoms with Gasteiger partial charge in [-0.1, -0.05) is 27.7 Å². The molecule has 96 valence electrons. The van der Waals surface area contributed by atoms with Crippen molar-refractivity contribution in [3.05, 3.63) is 12.3 Å². The highest BCUT2D eigenvalue weighted by atomic mass is 16.5. The van der Waals surface area contributed by atoms with Crippen molar-refractivity contribution in [3.63, 3.8) is 0 Å². The Balaban J connectivity index is 2.65. The first-order valence-electron chi connectivity index (χ1n) is 6.16. The summed E-state index contributed by atoms with van der Waals surface area (Å²) in [6.07, 6.45) is 2.70. The molecule has 1 atom stereocenters. The molecular formula is C13H23N3O. The highest BCUT2D eigenvalue weighted by Gasteiger charge is 2.20. The van der Waals surface area contributed by atoms with Crippen LogP contribution in [0.15, 0.2) is 12.3 Å². The molecule has 17 heavy (non-hydrogen) atoms. The van der Waals surface area contributed by atoms with E-state index in [0.717, 1.165) is 6.42 Å². The van der Waals surface area contributed by atoms with E-state index < -0.39 is 0 Å². The van der Waals surface area contributed by atoms with Gasteiger partial charge in [0, 0.05) is 18.3 Å². The van der Waals surface area contributed by atoms with Gasteiger partial charge in [-0.15, -0.1) is 0 Å². The van der Waals surface area contributed by atoms with Gasteiger partial charge >= 0.3 is 0 Å². The zero-order valence-corrected chi connectivity index (χ0v) is 11.4. The van der Waals surface area contributed by atoms with Crippen LogP contribution in [0.4, 0.5) is 5.95 Å². The van der Waals surface area contributed by atoms with Crippen LogP contribution in [0.25, 0.3) is 0 Å². The van der Waals surface area contributed by atoms with E-state index in [0.29, 0.717) is 24.5 Å². The molecule has 0 aliphatic heterocycles. The second-order valence-corrected chi connectivity index (χ2v) is 5.30. The van der Waals surface area contributed by atoms with Crippen LogP contribution in [0, 0.1) is 5.41 Å². The molecule has 1 rings (SSSR count). The first-order valence-corrected chi connectivity index (χ1v) is 6.16. The smallest absolute Gasteiger partial charge is 0.226 e. The molecule has 0 amide bonds. The molecule has 0 spiro atoms. The zero-order chi connectivity index (χ0) is 12.9. The van der Waals surface area contributed by atoms with E-state index in [4.69, 9.17) is 4.74 Å². The van der Waals surface area contributed by atoms with E-state index in [1.807, 2.05) is 0 Å². The predicted molar refractivity (Wildman–Crippen MR) is 70.4 cm³/mol. The molecule has 1 aromatic heterocycles. The molecule has 4 heteroatoms. The Hall–Kier alpha value is -1.32. The summed E-state index contributed by atoms with van der Waals surface area (Å²) < 4.78 is 5.47. The number of nitrogens with one attached hydrogen (secondary N) is 1. The maximum Gasteiger partial charge on any atom is 0.226 e. The normalized spacial score (nSPS) is 13.2. The minimum atomic E-state index is 0.170. The van der Waals surface area contributed by atoms with Crippen LogP contribution >= 0.6 is 0 Å². The number of anilines is 1. The summed E-state index contributed by atoms with van der Waals surface area (Å²) in [7, 11) is 0. The Labute approximate surface area is 104 Å². The van der Waals surface area contributed by atoms with Gasteiger partial charge in [-0.25, -0.2) is 4.98 Å². The molecule has 1 aromatic rings. The molecule has 1 N–H and O–H groups in total. The van der Waals surface area contributed by atoms with Crippen molar-refractivity contribution in [2.24, 2.45) is 5.41 Å². The first kappa shape index (κ1) is 13.7. The van der Waals surface area contributed by atoms with Gasteiger partial charge in [0.2, 0.25) is 11.8 Å². The van der Waals surface area contributed by atoms with Crippen LogP contribution in [0.3, 0.4) is 0 Å². The average molecular weight is 237 g/mol. The number of hydrogen-bond acceptors (Lipinski definition) is 4. The monoisotopic (exact) mass is 237 g/mol. The van der Waals surface area contributed by atoms with Gasteiger partial charge in [-0.05, 0) is 18.8 Å². The third-order valence-electron chi connectivity index (χ3n) is 2.73. The number of nitrogens with zero attached hydrogens (tertiary/aromatic N) is 2. The average Bonchev–Trinajstić information content (AvgIpc) is 2.25. The van der Waals surface area contributed by atoms with Crippen LogP contribution in [0.5, 0.6) is 5.88 Å². The highest BCUT2D eigenvalue weighted by molar-refractivity contribution is 5.29. The fourth-order valence-electron chi connectivity index (χ4n) is 1.11. The Kier molecular flexibility index (Phi) is 4.73. The SMILES string of the molecule is CCCOc1ccnc(NC(C)C(C)(C)C)n1. The summed E-state index contributed by atoms with van der Waals surface area (Å²) in [4.78, 5) is 8.52. The van der Waals surface area contributed by atoms with Crippen molar-refractivity contribution in [2.75, 3.05) is 11.9 Å². The molecule has 1 heterocycles. The number of hydrogen-bond donors (Lipinski definition) is 1. The lowest BCUT2D eigenvalue weighted by Crippen LogP contribution is -2.31. The van der Waals surface area contributed by atoms with Gasteiger partial charge in [-0.2, -0.15) is 4.98 Å². The second kappa shape index (κ2) is 5.84. The van der Waals surface area contributed by atoms with Crippen molar-refractivity contribution < 1.29 is 4.74 Å². The van der Waals surface area contributed by atoms with Crippen molar-refractivity contribution in [3.8, 4) is 5.88 Å². The van der Waals surface area contributed by atoms with Crippen molar-refractivity contribution in [2.45, 2.75) is 47.1 Å². The number of rotatable bonds is 5. The molecule has 0 fully saturated rings. The Morgan fingerprint density at radius 2 is 2.12 bits per heavy atom. The predicted octanol–water partition coefficient (Wildman–Crippen LogP) is 3.11. The molecule has 0 saturated carbocycles. The zero-order valence-electron chi connectivity index (χ0n) is 11.4. The largest absolute Gasteiger partial charge is 0.478 e. The molecule has 0 saturated heterocycles. The van der Waals surface area contributed by atoms with Crippen LogP contribution in [0.1, 0.15) is 41.0 Å². The van der Waals surface area contributed by atoms with Crippen LogP contribution in [0.2, 0.25) is 0 Å². The molecular weight excluding hydrogens is 214 g/mol. The maximum absolute atomic E-state index is 5.47. The van der Waals surface area contributed by atoms with Crippen molar-refractivity contribution in [1.82, 2.24) is 9.97 Å². The van der Waals surface area contributed by atoms with Crippen LogP contribution < -0.4 is 10.1 Å². The van der Waals surface area contributed by atoms with Crippen molar-refractivity contribution in [1.29, 1.82) is 0 Å². The molecule has 0 aliphatic rings. The van der Waals surface area contributed by atoms with Gasteiger partial charge in [-0.3, -0.25) is 0 Å². The first-order chi connectivity index (χ1) is 7.93. The molecule has 0 radical (unpaired) electrons. The Morgan fingerprint density at radius 1 is 1.41 bits per heavy atom. The van der Waals surface area contributed by atoms with Gasteiger partial charge in [0.1, 0.15) is 0 Å². The van der Waals surface area contributed by atoms with E-state index in [1.165, 1.54) is 0 Å². The van der Waals surface area contributed by atoms with Crippen LogP contribution in [-0.4, -0.2) is 22.6 Å². The minimum absolute atomic E-state index is 0.170. The van der Waals surface area contributed by atoms with E-state index in [9.17, 15) is 0 Å². The maximum atomic E-state index is 5.47. The number of aromatic nitrogens is 2. The Morgan fingerprint density at radius 3 is 2.71 bits per heavy atom. The molecule has 4 nitrogen and oxygen atoms in total. The van der Waals surface area contributed by atoms with Gasteiger partial charge < -0.3 is 10.1 Å². The van der Waals surface area contributed by atoms with Crippen LogP contribution in [-0.2, 0) is 0 Å². The molecule has 0 aliphatic carbocycles. The lowest BCUT2D eigenvalue weighted by molar-refractivity contribution is 0.304. The van der Waals surface area contributed by atoms with E-state index in [2.05, 4.69) is 49.9 Å². The Bertz CT molecular complexity index is 347. The van der Waals surface area contributed by atoms with Gasteiger partial charge in [0.05, 0.1) is 6.61 Å². The molecule has 1 unspecified atom stereocenters. The fourth-order valence-corrected chi connectivity index (χ4v) is 1.11. The number of ether oxygens (including phenoxy) is 1. The van der Waals surface area contributed by atoms with Gasteiger partial charge in [0.15, 0.2) is 0 Å². The van der Waals surface area contributed by atoms with E-state index in [-0.39, 0.29) is 5.41 Å². The molecule has 0 aromatic carbocycles. The summed E-state index contributed by atoms with van der Waals surface area (Å²) in [5.41, 5.74) is 0.170. The summed E-state index contributed by atoms with van der Waals surface area (Å²) in [6.45, 7) is 11.4. The lowest BCUT2D eigenvalue weighted by Gasteiger charge is -2.28. The summed E-state index contributed by atoms with van der Waals surface area (Å²) in [5, 5.41) is 3.30. The fraction of sp³-hybridized carbons (Fsp3) is 0.692. The van der Waals surface area contributed by atoms with Crippen molar-refractivity contribution >= 4 is 5.95 Å². The highest BCUT2D eigenvalue weighted by Crippen LogP contribution is 2.21. The standard InChI is InChI=1S/C13H23N3O/c1-6-9-17-11-7-8-14-12(16-11)15-10(2)13(3,4)5/h7-8,10H,6,9H2,1-5H3,(H,14,15,16). The van der Waals surface area contributed by atoms with Gasteiger partial charge in [0.25, 0.3) is 0 Å².